The summed E-state index contributed by atoms with van der Waals surface area (Å²) in [5, 5.41) is 13.6. The lowest BCUT2D eigenvalue weighted by atomic mass is 9.87. The number of carbonyl (C=O) groups is 2. The fourth-order valence-electron chi connectivity index (χ4n) is 3.71. The van der Waals surface area contributed by atoms with Crippen molar-refractivity contribution >= 4 is 40.9 Å². The number of benzene rings is 1. The Balaban J connectivity index is 1.30. The van der Waals surface area contributed by atoms with E-state index in [4.69, 9.17) is 30.2 Å². The SMILES string of the molecule is COc1cc(Cl)ccc1Nc1nnc(C(=O)Nc2ccc(O[C@H]3CC[C@@H](C(=O)OC)CC3)nc2)o1. The highest BCUT2D eigenvalue weighted by Crippen LogP contribution is 2.30. The van der Waals surface area contributed by atoms with Crippen LogP contribution in [0.15, 0.2) is 40.9 Å². The minimum absolute atomic E-state index is 0.0135. The summed E-state index contributed by atoms with van der Waals surface area (Å²) in [7, 11) is 2.91. The number of nitrogens with zero attached hydrogens (tertiary/aromatic N) is 3. The Labute approximate surface area is 206 Å². The molecule has 1 saturated carbocycles. The van der Waals surface area contributed by atoms with E-state index < -0.39 is 5.91 Å². The molecule has 0 atom stereocenters. The second-order valence-corrected chi connectivity index (χ2v) is 8.27. The van der Waals surface area contributed by atoms with Gasteiger partial charge in [0.1, 0.15) is 11.9 Å². The molecule has 3 aromatic rings. The largest absolute Gasteiger partial charge is 0.495 e. The number of halogens is 1. The zero-order chi connectivity index (χ0) is 24.8. The van der Waals surface area contributed by atoms with E-state index in [2.05, 4.69) is 25.8 Å². The van der Waals surface area contributed by atoms with Gasteiger partial charge in [0.2, 0.25) is 5.88 Å². The van der Waals surface area contributed by atoms with Gasteiger partial charge in [-0.2, -0.15) is 0 Å². The van der Waals surface area contributed by atoms with Crippen LogP contribution in [0.2, 0.25) is 5.02 Å². The molecule has 4 rings (SSSR count). The Bertz CT molecular complexity index is 1180. The maximum atomic E-state index is 12.5. The molecular formula is C23H24ClN5O6. The lowest BCUT2D eigenvalue weighted by Crippen LogP contribution is -2.28. The molecule has 1 aliphatic rings. The highest BCUT2D eigenvalue weighted by molar-refractivity contribution is 6.30. The van der Waals surface area contributed by atoms with Crippen molar-refractivity contribution in [2.24, 2.45) is 5.92 Å². The molecule has 11 nitrogen and oxygen atoms in total. The molecule has 0 radical (unpaired) electrons. The Kier molecular flexibility index (Phi) is 7.66. The molecule has 0 unspecified atom stereocenters. The molecule has 2 aromatic heterocycles. The van der Waals surface area contributed by atoms with Crippen LogP contribution in [0.3, 0.4) is 0 Å². The molecule has 2 heterocycles. The summed E-state index contributed by atoms with van der Waals surface area (Å²) in [6.45, 7) is 0. The van der Waals surface area contributed by atoms with Crippen LogP contribution in [0.4, 0.5) is 17.4 Å². The molecule has 0 saturated heterocycles. The molecular weight excluding hydrogens is 478 g/mol. The molecule has 1 aliphatic carbocycles. The number of esters is 1. The molecule has 2 N–H and O–H groups in total. The number of rotatable bonds is 8. The fourth-order valence-corrected chi connectivity index (χ4v) is 3.87. The molecule has 1 aromatic carbocycles. The van der Waals surface area contributed by atoms with Gasteiger partial charge in [0, 0.05) is 17.2 Å². The quantitative estimate of drug-likeness (QED) is 0.431. The molecule has 0 bridgehead atoms. The van der Waals surface area contributed by atoms with E-state index >= 15 is 0 Å². The van der Waals surface area contributed by atoms with Crippen LogP contribution in [0, 0.1) is 5.92 Å². The number of aromatic nitrogens is 3. The first kappa shape index (κ1) is 24.3. The third-order valence-electron chi connectivity index (χ3n) is 5.51. The third kappa shape index (κ3) is 6.18. The highest BCUT2D eigenvalue weighted by Gasteiger charge is 2.28. The van der Waals surface area contributed by atoms with Crippen LogP contribution in [0.5, 0.6) is 11.6 Å². The third-order valence-corrected chi connectivity index (χ3v) is 5.75. The number of nitrogens with one attached hydrogen (secondary N) is 2. The van der Waals surface area contributed by atoms with Gasteiger partial charge in [0.05, 0.1) is 37.7 Å². The van der Waals surface area contributed by atoms with E-state index in [0.29, 0.717) is 28.0 Å². The number of hydrogen-bond donors (Lipinski definition) is 2. The monoisotopic (exact) mass is 501 g/mol. The van der Waals surface area contributed by atoms with Crippen molar-refractivity contribution in [1.29, 1.82) is 0 Å². The number of hydrogen-bond acceptors (Lipinski definition) is 10. The van der Waals surface area contributed by atoms with Crippen LogP contribution in [-0.2, 0) is 9.53 Å². The smallest absolute Gasteiger partial charge is 0.320 e. The topological polar surface area (TPSA) is 138 Å². The Morgan fingerprint density at radius 1 is 1.09 bits per heavy atom. The zero-order valence-electron chi connectivity index (χ0n) is 19.1. The van der Waals surface area contributed by atoms with Crippen molar-refractivity contribution in [3.05, 3.63) is 47.4 Å². The van der Waals surface area contributed by atoms with Crippen LogP contribution < -0.4 is 20.1 Å². The van der Waals surface area contributed by atoms with Gasteiger partial charge in [0.25, 0.3) is 0 Å². The Morgan fingerprint density at radius 3 is 2.57 bits per heavy atom. The second kappa shape index (κ2) is 11.0. The van der Waals surface area contributed by atoms with Gasteiger partial charge in [0.15, 0.2) is 0 Å². The standard InChI is InChI=1S/C23H24ClN5O6/c1-32-18-11-14(24)5-9-17(18)27-23-29-28-21(35-23)20(30)26-15-6-10-19(25-12-15)34-16-7-3-13(4-8-16)22(31)33-2/h5-6,9-13,16H,3-4,7-8H2,1-2H3,(H,26,30)(H,27,29)/t13-,16+. The lowest BCUT2D eigenvalue weighted by Gasteiger charge is -2.27. The number of anilines is 3. The zero-order valence-corrected chi connectivity index (χ0v) is 19.9. The molecule has 1 amide bonds. The first-order valence-electron chi connectivity index (χ1n) is 10.9. The van der Waals surface area contributed by atoms with Crippen molar-refractivity contribution in [2.45, 2.75) is 31.8 Å². The maximum absolute atomic E-state index is 12.5. The van der Waals surface area contributed by atoms with Gasteiger partial charge in [-0.3, -0.25) is 9.59 Å². The number of amides is 1. The van der Waals surface area contributed by atoms with Gasteiger partial charge in [-0.1, -0.05) is 16.7 Å². The van der Waals surface area contributed by atoms with Crippen LogP contribution in [-0.4, -0.2) is 47.4 Å². The number of pyridine rings is 1. The van der Waals surface area contributed by atoms with Crippen molar-refractivity contribution in [3.8, 4) is 11.6 Å². The lowest BCUT2D eigenvalue weighted by molar-refractivity contribution is -0.147. The van der Waals surface area contributed by atoms with Gasteiger partial charge in [-0.25, -0.2) is 4.98 Å². The van der Waals surface area contributed by atoms with E-state index in [9.17, 15) is 9.59 Å². The van der Waals surface area contributed by atoms with Crippen molar-refractivity contribution in [1.82, 2.24) is 15.2 Å². The van der Waals surface area contributed by atoms with E-state index in [1.165, 1.54) is 20.4 Å². The number of ether oxygens (including phenoxy) is 3. The van der Waals surface area contributed by atoms with Crippen molar-refractivity contribution in [3.63, 3.8) is 0 Å². The molecule has 1 fully saturated rings. The van der Waals surface area contributed by atoms with Crippen molar-refractivity contribution in [2.75, 3.05) is 24.9 Å². The first-order valence-corrected chi connectivity index (χ1v) is 11.3. The number of carbonyl (C=O) groups excluding carboxylic acids is 2. The van der Waals surface area contributed by atoms with E-state index in [0.717, 1.165) is 25.7 Å². The summed E-state index contributed by atoms with van der Waals surface area (Å²) in [5.74, 6) is -0.153. The molecule has 12 heteroatoms. The van der Waals surface area contributed by atoms with Gasteiger partial charge in [-0.15, -0.1) is 5.10 Å². The minimum atomic E-state index is -0.592. The molecule has 184 valence electrons. The summed E-state index contributed by atoms with van der Waals surface area (Å²) >= 11 is 5.96. The Morgan fingerprint density at radius 2 is 1.89 bits per heavy atom. The van der Waals surface area contributed by atoms with E-state index in [-0.39, 0.29) is 29.9 Å². The molecule has 0 aliphatic heterocycles. The first-order chi connectivity index (χ1) is 16.9. The van der Waals surface area contributed by atoms with Gasteiger partial charge >= 0.3 is 23.8 Å². The summed E-state index contributed by atoms with van der Waals surface area (Å²) in [4.78, 5) is 28.4. The van der Waals surface area contributed by atoms with Gasteiger partial charge < -0.3 is 29.3 Å². The van der Waals surface area contributed by atoms with E-state index in [1.807, 2.05) is 0 Å². The minimum Gasteiger partial charge on any atom is -0.495 e. The average Bonchev–Trinajstić information content (AvgIpc) is 3.35. The van der Waals surface area contributed by atoms with Crippen molar-refractivity contribution < 1.29 is 28.2 Å². The Hall–Kier alpha value is -3.86. The van der Waals surface area contributed by atoms with Crippen LogP contribution in [0.25, 0.3) is 0 Å². The van der Waals surface area contributed by atoms with Crippen LogP contribution in [0.1, 0.15) is 36.4 Å². The molecule has 0 spiro atoms. The molecule has 35 heavy (non-hydrogen) atoms. The van der Waals surface area contributed by atoms with E-state index in [1.54, 1.807) is 30.3 Å². The van der Waals surface area contributed by atoms with Gasteiger partial charge in [-0.05, 0) is 43.9 Å². The predicted octanol–water partition coefficient (Wildman–Crippen LogP) is 4.23. The predicted molar refractivity (Wildman–Crippen MR) is 126 cm³/mol. The summed E-state index contributed by atoms with van der Waals surface area (Å²) < 4.78 is 21.4. The normalized spacial score (nSPS) is 17.3. The maximum Gasteiger partial charge on any atom is 0.320 e. The summed E-state index contributed by atoms with van der Waals surface area (Å²) in [5.41, 5.74) is 0.981. The highest BCUT2D eigenvalue weighted by atomic mass is 35.5. The summed E-state index contributed by atoms with van der Waals surface area (Å²) in [6.07, 6.45) is 4.38. The number of methoxy groups -OCH3 is 2. The van der Waals surface area contributed by atoms with Crippen LogP contribution >= 0.6 is 11.6 Å². The second-order valence-electron chi connectivity index (χ2n) is 7.84. The fraction of sp³-hybridized carbons (Fsp3) is 0.348. The summed E-state index contributed by atoms with van der Waals surface area (Å²) in [6, 6.07) is 8.32. The average molecular weight is 502 g/mol.